The Hall–Kier alpha value is -5.26. The van der Waals surface area contributed by atoms with Gasteiger partial charge in [0.05, 0.1) is 88.0 Å². The fourth-order valence-electron chi connectivity index (χ4n) is 4.47. The highest BCUT2D eigenvalue weighted by Crippen LogP contribution is 2.37. The quantitative estimate of drug-likeness (QED) is 0.0753. The van der Waals surface area contributed by atoms with Crippen LogP contribution in [-0.4, -0.2) is 112 Å². The van der Waals surface area contributed by atoms with E-state index in [0.29, 0.717) is 117 Å². The number of nitrogens with zero attached hydrogens (tertiary/aromatic N) is 4. The van der Waals surface area contributed by atoms with E-state index < -0.39 is 0 Å². The first-order chi connectivity index (χ1) is 24.5. The number of anilines is 4. The Labute approximate surface area is 290 Å². The fraction of sp³-hybridized carbons (Fsp3) is 0.353. The van der Waals surface area contributed by atoms with Crippen LogP contribution in [0.5, 0.6) is 5.75 Å². The third-order valence-electron chi connectivity index (χ3n) is 6.86. The largest absolute Gasteiger partial charge is 0.494 e. The van der Waals surface area contributed by atoms with Crippen molar-refractivity contribution in [2.75, 3.05) is 90.7 Å². The van der Waals surface area contributed by atoms with E-state index in [1.807, 2.05) is 18.2 Å². The summed E-state index contributed by atoms with van der Waals surface area (Å²) in [5.74, 6) is 1.24. The zero-order valence-corrected chi connectivity index (χ0v) is 28.1. The molecular formula is C34H43N9O7. The van der Waals surface area contributed by atoms with Crippen molar-refractivity contribution in [3.8, 4) is 17.1 Å². The number of pyridine rings is 2. The third-order valence-corrected chi connectivity index (χ3v) is 6.86. The topological polar surface area (TPSA) is 206 Å². The van der Waals surface area contributed by atoms with Gasteiger partial charge in [-0.2, -0.15) is 0 Å². The first-order valence-electron chi connectivity index (χ1n) is 16.0. The molecule has 50 heavy (non-hydrogen) atoms. The number of aromatic nitrogens is 4. The zero-order chi connectivity index (χ0) is 35.4. The molecule has 0 aliphatic heterocycles. The predicted molar refractivity (Wildman–Crippen MR) is 187 cm³/mol. The van der Waals surface area contributed by atoms with E-state index in [1.54, 1.807) is 50.8 Å². The van der Waals surface area contributed by atoms with Crippen LogP contribution in [0.15, 0.2) is 67.3 Å². The average molecular weight is 690 g/mol. The van der Waals surface area contributed by atoms with Gasteiger partial charge in [-0.25, -0.2) is 19.9 Å². The predicted octanol–water partition coefficient (Wildman–Crippen LogP) is 2.54. The number of methoxy groups -OCH3 is 1. The molecule has 6 N–H and O–H groups in total. The van der Waals surface area contributed by atoms with Crippen molar-refractivity contribution < 1.29 is 33.3 Å². The van der Waals surface area contributed by atoms with Crippen LogP contribution in [0.1, 0.15) is 20.7 Å². The minimum Gasteiger partial charge on any atom is -0.494 e. The van der Waals surface area contributed by atoms with Crippen LogP contribution in [0.2, 0.25) is 0 Å². The number of carbonyl (C=O) groups excluding carboxylic acids is 2. The number of nitrogens with one attached hydrogen (secondary N) is 4. The second-order valence-electron chi connectivity index (χ2n) is 10.3. The number of hydrogen-bond acceptors (Lipinski definition) is 14. The summed E-state index contributed by atoms with van der Waals surface area (Å²) in [7, 11) is 3.09. The van der Waals surface area contributed by atoms with E-state index in [1.165, 1.54) is 12.4 Å². The molecule has 266 valence electrons. The molecule has 0 atom stereocenters. The smallest absolute Gasteiger partial charge is 0.254 e. The summed E-state index contributed by atoms with van der Waals surface area (Å²) in [5, 5.41) is 11.9. The molecule has 4 rings (SSSR count). The first-order valence-corrected chi connectivity index (χ1v) is 16.0. The highest BCUT2D eigenvalue weighted by molar-refractivity contribution is 6.01. The van der Waals surface area contributed by atoms with Gasteiger partial charge in [-0.05, 0) is 30.3 Å². The molecule has 0 bridgehead atoms. The van der Waals surface area contributed by atoms with Crippen LogP contribution < -0.4 is 31.7 Å². The van der Waals surface area contributed by atoms with Gasteiger partial charge in [-0.1, -0.05) is 6.07 Å². The Morgan fingerprint density at radius 2 is 1.40 bits per heavy atom. The number of nitrogens with two attached hydrogens (primary N) is 1. The van der Waals surface area contributed by atoms with E-state index in [0.717, 1.165) is 0 Å². The summed E-state index contributed by atoms with van der Waals surface area (Å²) in [6.45, 7) is 4.44. The molecule has 3 heterocycles. The maximum absolute atomic E-state index is 12.7. The molecule has 0 aliphatic carbocycles. The molecule has 0 saturated heterocycles. The van der Waals surface area contributed by atoms with E-state index in [-0.39, 0.29) is 11.8 Å². The van der Waals surface area contributed by atoms with Crippen molar-refractivity contribution in [2.45, 2.75) is 0 Å². The van der Waals surface area contributed by atoms with Crippen molar-refractivity contribution in [3.63, 3.8) is 0 Å². The lowest BCUT2D eigenvalue weighted by Gasteiger charge is -2.17. The second-order valence-corrected chi connectivity index (χ2v) is 10.3. The second kappa shape index (κ2) is 21.0. The van der Waals surface area contributed by atoms with Crippen LogP contribution in [0.4, 0.5) is 23.0 Å². The van der Waals surface area contributed by atoms with Crippen LogP contribution in [0.25, 0.3) is 11.4 Å². The Balaban J connectivity index is 1.27. The van der Waals surface area contributed by atoms with Gasteiger partial charge in [-0.3, -0.25) is 9.59 Å². The number of rotatable bonds is 22. The van der Waals surface area contributed by atoms with Gasteiger partial charge < -0.3 is 50.7 Å². The van der Waals surface area contributed by atoms with Crippen molar-refractivity contribution in [1.82, 2.24) is 30.6 Å². The highest BCUT2D eigenvalue weighted by atomic mass is 16.6. The molecule has 0 unspecified atom stereocenters. The van der Waals surface area contributed by atoms with Crippen molar-refractivity contribution >= 4 is 34.8 Å². The molecule has 4 aromatic rings. The maximum atomic E-state index is 12.7. The molecule has 16 heteroatoms. The number of para-hydroxylation sites is 1. The van der Waals surface area contributed by atoms with Crippen LogP contribution in [-0.2, 0) is 18.9 Å². The van der Waals surface area contributed by atoms with Gasteiger partial charge in [0.15, 0.2) is 11.6 Å². The zero-order valence-electron chi connectivity index (χ0n) is 28.1. The van der Waals surface area contributed by atoms with Crippen LogP contribution in [0, 0.1) is 0 Å². The molecule has 0 spiro atoms. The Bertz CT molecular complexity index is 1630. The standard InChI is InChI=1S/C34H43N9O7/c1-36-34(45)26-23-41-30(21-28(26)42-27-6-3-5-25(31(27)46-2)32-37-10-4-11-38-32)43-29-8-7-24(22-40-29)33(44)39-12-14-48-16-18-50-20-19-49-17-15-47-13-9-35/h3-8,10-11,21-23H,9,12-20,35H2,1-2H3,(H,36,45)(H,39,44)(H2,40,41,42,43). The number of benzene rings is 1. The number of carbonyl (C=O) groups is 2. The van der Waals surface area contributed by atoms with Gasteiger partial charge in [0.2, 0.25) is 0 Å². The first kappa shape index (κ1) is 37.6. The normalized spacial score (nSPS) is 10.8. The molecule has 2 amide bonds. The van der Waals surface area contributed by atoms with Gasteiger partial charge in [0, 0.05) is 51.0 Å². The lowest BCUT2D eigenvalue weighted by Crippen LogP contribution is -2.27. The molecule has 0 fully saturated rings. The van der Waals surface area contributed by atoms with Gasteiger partial charge in [0.1, 0.15) is 11.6 Å². The Morgan fingerprint density at radius 3 is 2.04 bits per heavy atom. The van der Waals surface area contributed by atoms with Gasteiger partial charge in [0.25, 0.3) is 11.8 Å². The summed E-state index contributed by atoms with van der Waals surface area (Å²) in [6.07, 6.45) is 6.21. The van der Waals surface area contributed by atoms with E-state index in [2.05, 4.69) is 41.2 Å². The van der Waals surface area contributed by atoms with Gasteiger partial charge in [-0.15, -0.1) is 0 Å². The van der Waals surface area contributed by atoms with E-state index in [4.69, 9.17) is 29.4 Å². The molecule has 1 aromatic carbocycles. The molecular weight excluding hydrogens is 646 g/mol. The van der Waals surface area contributed by atoms with Crippen molar-refractivity contribution in [3.05, 3.63) is 78.4 Å². The molecule has 0 radical (unpaired) electrons. The third kappa shape index (κ3) is 11.7. The van der Waals surface area contributed by atoms with Crippen LogP contribution in [0.3, 0.4) is 0 Å². The summed E-state index contributed by atoms with van der Waals surface area (Å²) < 4.78 is 27.3. The molecule has 0 saturated carbocycles. The maximum Gasteiger partial charge on any atom is 0.254 e. The minimum atomic E-state index is -0.331. The average Bonchev–Trinajstić information content (AvgIpc) is 3.15. The summed E-state index contributed by atoms with van der Waals surface area (Å²) in [5.41, 5.74) is 7.77. The van der Waals surface area contributed by atoms with Crippen molar-refractivity contribution in [1.29, 1.82) is 0 Å². The molecule has 3 aromatic heterocycles. The Kier molecular flexibility index (Phi) is 15.7. The number of ether oxygens (including phenoxy) is 5. The van der Waals surface area contributed by atoms with E-state index in [9.17, 15) is 9.59 Å². The summed E-state index contributed by atoms with van der Waals surface area (Å²) in [6, 6.07) is 12.2. The van der Waals surface area contributed by atoms with E-state index >= 15 is 0 Å². The molecule has 16 nitrogen and oxygen atoms in total. The lowest BCUT2D eigenvalue weighted by molar-refractivity contribution is -0.000579. The summed E-state index contributed by atoms with van der Waals surface area (Å²) in [4.78, 5) is 42.7. The van der Waals surface area contributed by atoms with Gasteiger partial charge >= 0.3 is 0 Å². The monoisotopic (exact) mass is 689 g/mol. The number of hydrogen-bond donors (Lipinski definition) is 5. The van der Waals surface area contributed by atoms with Crippen molar-refractivity contribution in [2.24, 2.45) is 5.73 Å². The fourth-order valence-corrected chi connectivity index (χ4v) is 4.47. The summed E-state index contributed by atoms with van der Waals surface area (Å²) >= 11 is 0. The van der Waals surface area contributed by atoms with Crippen LogP contribution >= 0.6 is 0 Å². The Morgan fingerprint density at radius 1 is 0.720 bits per heavy atom. The SMILES string of the molecule is CNC(=O)c1cnc(Nc2ccc(C(=O)NCCOCCOCCOCCOCCN)cn2)cc1Nc1cccc(-c2ncccn2)c1OC. The highest BCUT2D eigenvalue weighted by Gasteiger charge is 2.17. The minimum absolute atomic E-state index is 0.284. The lowest BCUT2D eigenvalue weighted by atomic mass is 10.1. The molecule has 0 aliphatic rings. The number of amides is 2.